The molecule has 1 saturated heterocycles. The number of benzene rings is 1. The third-order valence-electron chi connectivity index (χ3n) is 11.6. The first-order valence-electron chi connectivity index (χ1n) is 19.8. The number of halogens is 3. The molecule has 1 aromatic carbocycles. The summed E-state index contributed by atoms with van der Waals surface area (Å²) in [6.45, 7) is 4.80. The summed E-state index contributed by atoms with van der Waals surface area (Å²) in [6.07, 6.45) is -1.29. The Bertz CT molecular complexity index is 2110. The lowest BCUT2D eigenvalue weighted by molar-refractivity contribution is -0.244. The number of methoxy groups -OCH3 is 1. The van der Waals surface area contributed by atoms with Gasteiger partial charge in [-0.05, 0) is 93.9 Å². The van der Waals surface area contributed by atoms with Gasteiger partial charge >= 0.3 is 12.3 Å². The first-order valence-corrected chi connectivity index (χ1v) is 21.3. The minimum atomic E-state index is -4.92. The molecule has 7 atom stereocenters. The molecule has 1 aromatic heterocycles. The number of hydrogen-bond donors (Lipinski definition) is 3. The third kappa shape index (κ3) is 9.49. The quantitative estimate of drug-likeness (QED) is 0.300. The Morgan fingerprint density at radius 2 is 1.78 bits per heavy atom. The minimum Gasteiger partial charge on any atom is -0.497 e. The fourth-order valence-electron chi connectivity index (χ4n) is 7.74. The van der Waals surface area contributed by atoms with Crippen molar-refractivity contribution in [2.45, 2.75) is 113 Å². The zero-order valence-electron chi connectivity index (χ0n) is 34.2. The van der Waals surface area contributed by atoms with E-state index in [0.29, 0.717) is 62.9 Å². The second kappa shape index (κ2) is 16.3. The number of fused-ring (bicyclic) bond motifs is 3. The number of aromatic nitrogens is 1. The first kappa shape index (κ1) is 43.8. The number of sulfonamides is 1. The van der Waals surface area contributed by atoms with Crippen molar-refractivity contribution in [1.82, 2.24) is 25.2 Å². The summed E-state index contributed by atoms with van der Waals surface area (Å²) in [4.78, 5) is 64.0. The van der Waals surface area contributed by atoms with Crippen molar-refractivity contribution in [2.75, 3.05) is 32.6 Å². The van der Waals surface area contributed by atoms with Crippen LogP contribution >= 0.6 is 0 Å². The molecule has 4 aliphatic rings. The number of hydrogen-bond acceptors (Lipinski definition) is 11. The number of allylic oxidation sites excluding steroid dienone is 1. The molecule has 324 valence electrons. The Hall–Kier alpha value is -4.81. The number of anilines is 1. The highest BCUT2D eigenvalue weighted by Gasteiger charge is 2.62. The standard InChI is InChI=1S/C40H53F3N6O9S/c1-22-10-8-9-11-25-20-39(25,36(52)47-59(54,55)28-13-14-28)46-33(50)30-19-27(57-34-29-15-12-26(56-7)17-24(29)18-31(44-34)48(5)6)21-49(30)35(51)32(23(2)16-22)45-37(53)58-38(3,4)40(41,42)43/h9,11-12,15,17-18,22-23,25,27-28,30,32H,8,10,13-14,16,19-21H2,1-7H3,(H,45,53)(H,46,50)(H,47,52). The van der Waals surface area contributed by atoms with Crippen LogP contribution in [0.3, 0.4) is 0 Å². The van der Waals surface area contributed by atoms with Crippen LogP contribution in [0.15, 0.2) is 36.4 Å². The van der Waals surface area contributed by atoms with E-state index in [9.17, 15) is 40.8 Å². The molecule has 15 nitrogen and oxygen atoms in total. The molecule has 4 amide bonds. The summed E-state index contributed by atoms with van der Waals surface area (Å²) in [5.41, 5.74) is -4.52. The molecular weight excluding hydrogens is 798 g/mol. The molecule has 3 fully saturated rings. The van der Waals surface area contributed by atoms with E-state index in [1.807, 2.05) is 19.1 Å². The molecule has 7 unspecified atom stereocenters. The van der Waals surface area contributed by atoms with Gasteiger partial charge in [0.05, 0.1) is 18.9 Å². The van der Waals surface area contributed by atoms with E-state index in [2.05, 4.69) is 15.4 Å². The van der Waals surface area contributed by atoms with Crippen molar-refractivity contribution in [3.8, 4) is 11.6 Å². The van der Waals surface area contributed by atoms with Crippen LogP contribution in [0.4, 0.5) is 23.8 Å². The molecule has 2 aliphatic heterocycles. The van der Waals surface area contributed by atoms with Gasteiger partial charge in [-0.1, -0.05) is 26.0 Å². The Balaban J connectivity index is 1.37. The summed E-state index contributed by atoms with van der Waals surface area (Å²) in [7, 11) is 1.14. The van der Waals surface area contributed by atoms with E-state index in [1.165, 1.54) is 12.0 Å². The van der Waals surface area contributed by atoms with Crippen LogP contribution in [0.5, 0.6) is 11.6 Å². The van der Waals surface area contributed by atoms with Gasteiger partial charge in [0, 0.05) is 31.8 Å². The number of alkyl halides is 3. The van der Waals surface area contributed by atoms with Gasteiger partial charge in [0.1, 0.15) is 35.3 Å². The maximum Gasteiger partial charge on any atom is 0.427 e. The van der Waals surface area contributed by atoms with Gasteiger partial charge in [-0.2, -0.15) is 18.2 Å². The smallest absolute Gasteiger partial charge is 0.427 e. The predicted molar refractivity (Wildman–Crippen MR) is 211 cm³/mol. The van der Waals surface area contributed by atoms with Gasteiger partial charge in [0.15, 0.2) is 0 Å². The van der Waals surface area contributed by atoms with Crippen LogP contribution in [0.2, 0.25) is 0 Å². The van der Waals surface area contributed by atoms with E-state index < -0.39 is 86.4 Å². The number of pyridine rings is 1. The average Bonchev–Trinajstić information content (AvgIpc) is 4.07. The van der Waals surface area contributed by atoms with Crippen LogP contribution in [0.25, 0.3) is 10.8 Å². The van der Waals surface area contributed by atoms with Crippen LogP contribution < -0.4 is 29.7 Å². The predicted octanol–water partition coefficient (Wildman–Crippen LogP) is 4.59. The molecule has 2 aliphatic carbocycles. The van der Waals surface area contributed by atoms with E-state index >= 15 is 0 Å². The topological polar surface area (TPSA) is 186 Å². The number of carbonyl (C=O) groups excluding carboxylic acids is 4. The van der Waals surface area contributed by atoms with E-state index in [4.69, 9.17) is 19.2 Å². The SMILES string of the molecule is COc1ccc2c(OC3CC4C(=O)NC5(C(=O)NS(=O)(=O)C6CC6)CC5C=CCCC(C)CC(C)C(NC(=O)OC(C)(C)C(F)(F)F)C(=O)N4C3)nc(N(C)C)cc2c1. The summed E-state index contributed by atoms with van der Waals surface area (Å²) >= 11 is 0. The maximum atomic E-state index is 14.8. The van der Waals surface area contributed by atoms with Gasteiger partial charge in [0.25, 0.3) is 5.91 Å². The highest BCUT2D eigenvalue weighted by atomic mass is 32.2. The fraction of sp³-hybridized carbons (Fsp3) is 0.625. The second-order valence-electron chi connectivity index (χ2n) is 17.0. The van der Waals surface area contributed by atoms with Crippen LogP contribution in [-0.4, -0.2) is 111 Å². The Morgan fingerprint density at radius 3 is 2.42 bits per heavy atom. The van der Waals surface area contributed by atoms with Crippen molar-refractivity contribution in [2.24, 2.45) is 17.8 Å². The van der Waals surface area contributed by atoms with Crippen molar-refractivity contribution in [1.29, 1.82) is 0 Å². The molecule has 59 heavy (non-hydrogen) atoms. The Morgan fingerprint density at radius 1 is 1.07 bits per heavy atom. The first-order chi connectivity index (χ1) is 27.5. The Kier molecular flexibility index (Phi) is 12.1. The van der Waals surface area contributed by atoms with Crippen LogP contribution in [0, 0.1) is 17.8 Å². The highest BCUT2D eigenvalue weighted by Crippen LogP contribution is 2.46. The summed E-state index contributed by atoms with van der Waals surface area (Å²) in [5, 5.41) is 5.82. The van der Waals surface area contributed by atoms with Crippen molar-refractivity contribution in [3.63, 3.8) is 0 Å². The molecule has 0 radical (unpaired) electrons. The molecular formula is C40H53F3N6O9S. The van der Waals surface area contributed by atoms with Gasteiger partial charge in [-0.15, -0.1) is 0 Å². The van der Waals surface area contributed by atoms with E-state index in [-0.39, 0.29) is 31.2 Å². The van der Waals surface area contributed by atoms with Crippen molar-refractivity contribution >= 4 is 50.4 Å². The fourth-order valence-corrected chi connectivity index (χ4v) is 9.10. The van der Waals surface area contributed by atoms with E-state index in [0.717, 1.165) is 5.39 Å². The minimum absolute atomic E-state index is 0.0392. The van der Waals surface area contributed by atoms with Crippen molar-refractivity contribution < 1.29 is 55.0 Å². The van der Waals surface area contributed by atoms with Gasteiger partial charge in [-0.3, -0.25) is 19.1 Å². The molecule has 0 spiro atoms. The summed E-state index contributed by atoms with van der Waals surface area (Å²) < 4.78 is 86.0. The average molecular weight is 851 g/mol. The number of carbonyl (C=O) groups is 4. The number of nitrogens with zero attached hydrogens (tertiary/aromatic N) is 3. The largest absolute Gasteiger partial charge is 0.497 e. The lowest BCUT2D eigenvalue weighted by Crippen LogP contribution is -2.59. The third-order valence-corrected chi connectivity index (χ3v) is 13.5. The van der Waals surface area contributed by atoms with Crippen LogP contribution in [0.1, 0.15) is 72.6 Å². The second-order valence-corrected chi connectivity index (χ2v) is 19.0. The number of rotatable bonds is 9. The molecule has 3 N–H and O–H groups in total. The number of amides is 4. The molecule has 2 saturated carbocycles. The van der Waals surface area contributed by atoms with Gasteiger partial charge < -0.3 is 34.6 Å². The van der Waals surface area contributed by atoms with Gasteiger partial charge in [0.2, 0.25) is 33.3 Å². The lowest BCUT2D eigenvalue weighted by Gasteiger charge is -2.34. The Labute approximate surface area is 341 Å². The number of nitrogens with one attached hydrogen (secondary N) is 3. The van der Waals surface area contributed by atoms with E-state index in [1.54, 1.807) is 50.2 Å². The summed E-state index contributed by atoms with van der Waals surface area (Å²) in [6, 6.07) is 4.37. The van der Waals surface area contributed by atoms with Gasteiger partial charge in [-0.25, -0.2) is 13.2 Å². The number of ether oxygens (including phenoxy) is 3. The monoisotopic (exact) mass is 850 g/mol. The van der Waals surface area contributed by atoms with Crippen LogP contribution in [-0.2, 0) is 29.1 Å². The normalized spacial score (nSPS) is 28.0. The zero-order chi connectivity index (χ0) is 43.2. The van der Waals surface area contributed by atoms with Crippen molar-refractivity contribution in [3.05, 3.63) is 36.4 Å². The maximum absolute atomic E-state index is 14.8. The number of alkyl carbamates (subject to hydrolysis) is 1. The molecule has 19 heteroatoms. The highest BCUT2D eigenvalue weighted by molar-refractivity contribution is 7.91. The molecule has 2 aromatic rings. The molecule has 0 bridgehead atoms. The summed E-state index contributed by atoms with van der Waals surface area (Å²) in [5.74, 6) is -2.35. The molecule has 3 heterocycles. The zero-order valence-corrected chi connectivity index (χ0v) is 35.0. The lowest BCUT2D eigenvalue weighted by atomic mass is 9.88. The molecule has 6 rings (SSSR count).